The van der Waals surface area contributed by atoms with Crippen LogP contribution < -0.4 is 10.2 Å². The van der Waals surface area contributed by atoms with Crippen LogP contribution in [0.1, 0.15) is 58.4 Å². The van der Waals surface area contributed by atoms with Gasteiger partial charge in [0.05, 0.1) is 21.1 Å². The number of amides is 1. The van der Waals surface area contributed by atoms with Crippen LogP contribution in [0.5, 0.6) is 0 Å². The molecular weight excluding hydrogens is 395 g/mol. The van der Waals surface area contributed by atoms with Gasteiger partial charge in [-0.25, -0.2) is 4.98 Å². The second kappa shape index (κ2) is 8.11. The zero-order valence-electron chi connectivity index (χ0n) is 16.5. The number of hydrogen-bond donors (Lipinski definition) is 1. The van der Waals surface area contributed by atoms with Crippen molar-refractivity contribution in [3.63, 3.8) is 0 Å². The Bertz CT molecular complexity index is 865. The van der Waals surface area contributed by atoms with Gasteiger partial charge in [-0.15, -0.1) is 0 Å². The number of rotatable bonds is 4. The molecule has 1 aliphatic carbocycles. The summed E-state index contributed by atoms with van der Waals surface area (Å²) in [6.07, 6.45) is 6.47. The molecule has 2 aromatic rings. The van der Waals surface area contributed by atoms with Crippen LogP contribution in [0.25, 0.3) is 11.0 Å². The molecule has 2 fully saturated rings. The van der Waals surface area contributed by atoms with Gasteiger partial charge in [0, 0.05) is 31.1 Å². The fourth-order valence-electron chi connectivity index (χ4n) is 4.54. The van der Waals surface area contributed by atoms with Gasteiger partial charge in [-0.05, 0) is 51.7 Å². The molecule has 1 aromatic heterocycles. The summed E-state index contributed by atoms with van der Waals surface area (Å²) >= 11 is 12.5. The largest absolute Gasteiger partial charge is 0.353 e. The molecule has 28 heavy (non-hydrogen) atoms. The van der Waals surface area contributed by atoms with Crippen LogP contribution >= 0.6 is 23.2 Å². The Hall–Kier alpha value is -1.46. The average molecular weight is 423 g/mol. The summed E-state index contributed by atoms with van der Waals surface area (Å²) in [4.78, 5) is 19.8. The van der Waals surface area contributed by atoms with E-state index in [9.17, 15) is 4.79 Å². The predicted molar refractivity (Wildman–Crippen MR) is 115 cm³/mol. The Labute approximate surface area is 176 Å². The zero-order chi connectivity index (χ0) is 19.8. The number of benzene rings is 1. The van der Waals surface area contributed by atoms with Crippen LogP contribution in [0.3, 0.4) is 0 Å². The quantitative estimate of drug-likeness (QED) is 0.736. The molecule has 1 aliphatic heterocycles. The van der Waals surface area contributed by atoms with E-state index in [0.29, 0.717) is 16.1 Å². The monoisotopic (exact) mass is 422 g/mol. The number of anilines is 1. The number of aromatic nitrogens is 2. The molecule has 1 aromatic carbocycles. The second-order valence-corrected chi connectivity index (χ2v) is 9.20. The van der Waals surface area contributed by atoms with Crippen LogP contribution in [0.15, 0.2) is 12.1 Å². The van der Waals surface area contributed by atoms with Crippen molar-refractivity contribution < 1.29 is 4.79 Å². The van der Waals surface area contributed by atoms with E-state index in [1.807, 2.05) is 12.1 Å². The van der Waals surface area contributed by atoms with Crippen molar-refractivity contribution in [3.05, 3.63) is 22.2 Å². The topological polar surface area (TPSA) is 50.2 Å². The van der Waals surface area contributed by atoms with E-state index in [0.717, 1.165) is 55.8 Å². The Morgan fingerprint density at radius 3 is 2.39 bits per heavy atom. The van der Waals surface area contributed by atoms with E-state index >= 15 is 0 Å². The number of carbonyl (C=O) groups is 1. The Morgan fingerprint density at radius 1 is 1.11 bits per heavy atom. The van der Waals surface area contributed by atoms with Gasteiger partial charge in [0.2, 0.25) is 11.9 Å². The lowest BCUT2D eigenvalue weighted by molar-refractivity contribution is -0.126. The van der Waals surface area contributed by atoms with Crippen molar-refractivity contribution in [3.8, 4) is 0 Å². The van der Waals surface area contributed by atoms with Crippen LogP contribution in [0.2, 0.25) is 10.0 Å². The number of piperidine rings is 1. The maximum atomic E-state index is 12.6. The normalized spacial score (nSPS) is 19.1. The van der Waals surface area contributed by atoms with E-state index in [1.165, 1.54) is 12.8 Å². The van der Waals surface area contributed by atoms with Gasteiger partial charge in [0.15, 0.2) is 0 Å². The third-order valence-corrected chi connectivity index (χ3v) is 6.80. The first-order chi connectivity index (χ1) is 13.4. The summed E-state index contributed by atoms with van der Waals surface area (Å²) in [7, 11) is 0. The van der Waals surface area contributed by atoms with Crippen LogP contribution in [-0.2, 0) is 4.79 Å². The number of nitrogens with one attached hydrogen (secondary N) is 1. The van der Waals surface area contributed by atoms with Crippen molar-refractivity contribution in [2.45, 2.75) is 64.5 Å². The van der Waals surface area contributed by atoms with Gasteiger partial charge < -0.3 is 14.8 Å². The first kappa shape index (κ1) is 19.8. The summed E-state index contributed by atoms with van der Waals surface area (Å²) < 4.78 is 2.22. The minimum atomic E-state index is 0.109. The number of carbonyl (C=O) groups excluding carboxylic acids is 1. The van der Waals surface area contributed by atoms with Crippen molar-refractivity contribution in [2.75, 3.05) is 18.0 Å². The third kappa shape index (κ3) is 3.84. The maximum absolute atomic E-state index is 12.6. The lowest BCUT2D eigenvalue weighted by Crippen LogP contribution is -2.43. The van der Waals surface area contributed by atoms with Gasteiger partial charge in [-0.1, -0.05) is 36.0 Å². The van der Waals surface area contributed by atoms with Crippen LogP contribution in [0, 0.1) is 5.92 Å². The SMILES string of the molecule is CC(C)n1c(N2CCC(C(=O)NC3CCCC3)CC2)nc2cc(Cl)c(Cl)cc21. The Balaban J connectivity index is 1.50. The Morgan fingerprint density at radius 2 is 1.75 bits per heavy atom. The first-order valence-electron chi connectivity index (χ1n) is 10.4. The smallest absolute Gasteiger partial charge is 0.223 e. The molecule has 1 saturated carbocycles. The van der Waals surface area contributed by atoms with E-state index in [1.54, 1.807) is 0 Å². The molecule has 0 spiro atoms. The van der Waals surface area contributed by atoms with E-state index in [4.69, 9.17) is 28.2 Å². The summed E-state index contributed by atoms with van der Waals surface area (Å²) in [5, 5.41) is 4.33. The minimum absolute atomic E-state index is 0.109. The molecule has 0 atom stereocenters. The number of imidazole rings is 1. The van der Waals surface area contributed by atoms with Gasteiger partial charge in [0.1, 0.15) is 0 Å². The highest BCUT2D eigenvalue weighted by Gasteiger charge is 2.30. The molecule has 1 N–H and O–H groups in total. The third-order valence-electron chi connectivity index (χ3n) is 6.08. The molecule has 0 unspecified atom stereocenters. The molecule has 2 heterocycles. The summed E-state index contributed by atoms with van der Waals surface area (Å²) in [5.41, 5.74) is 1.86. The maximum Gasteiger partial charge on any atom is 0.223 e. The first-order valence-corrected chi connectivity index (χ1v) is 11.1. The van der Waals surface area contributed by atoms with Crippen molar-refractivity contribution in [2.24, 2.45) is 5.92 Å². The van der Waals surface area contributed by atoms with Crippen molar-refractivity contribution in [1.82, 2.24) is 14.9 Å². The molecule has 2 aliphatic rings. The summed E-state index contributed by atoms with van der Waals surface area (Å²) in [6.45, 7) is 5.96. The average Bonchev–Trinajstić information content (AvgIpc) is 3.30. The minimum Gasteiger partial charge on any atom is -0.353 e. The number of nitrogens with zero attached hydrogens (tertiary/aromatic N) is 3. The molecule has 1 saturated heterocycles. The second-order valence-electron chi connectivity index (χ2n) is 8.38. The molecule has 1 amide bonds. The molecule has 152 valence electrons. The number of halogens is 2. The van der Waals surface area contributed by atoms with E-state index in [2.05, 4.69) is 28.6 Å². The lowest BCUT2D eigenvalue weighted by atomic mass is 9.95. The fraction of sp³-hybridized carbons (Fsp3) is 0.619. The molecule has 4 rings (SSSR count). The fourth-order valence-corrected chi connectivity index (χ4v) is 4.86. The summed E-state index contributed by atoms with van der Waals surface area (Å²) in [6, 6.07) is 4.38. The molecular formula is C21H28Cl2N4O. The van der Waals surface area contributed by atoms with Gasteiger partial charge >= 0.3 is 0 Å². The van der Waals surface area contributed by atoms with E-state index in [-0.39, 0.29) is 17.9 Å². The standard InChI is InChI=1S/C21H28Cl2N4O/c1-13(2)27-19-12-17(23)16(22)11-18(19)25-21(27)26-9-7-14(8-10-26)20(28)24-15-5-3-4-6-15/h11-15H,3-10H2,1-2H3,(H,24,28). The Kier molecular flexibility index (Phi) is 5.75. The van der Waals surface area contributed by atoms with Crippen LogP contribution in [0.4, 0.5) is 5.95 Å². The number of hydrogen-bond acceptors (Lipinski definition) is 3. The predicted octanol–water partition coefficient (Wildman–Crippen LogP) is 5.20. The lowest BCUT2D eigenvalue weighted by Gasteiger charge is -2.33. The van der Waals surface area contributed by atoms with Gasteiger partial charge in [-0.3, -0.25) is 4.79 Å². The van der Waals surface area contributed by atoms with Crippen molar-refractivity contribution >= 4 is 46.1 Å². The molecule has 0 radical (unpaired) electrons. The molecule has 0 bridgehead atoms. The summed E-state index contributed by atoms with van der Waals surface area (Å²) in [5.74, 6) is 1.29. The molecule has 5 nitrogen and oxygen atoms in total. The van der Waals surface area contributed by atoms with E-state index < -0.39 is 0 Å². The number of fused-ring (bicyclic) bond motifs is 1. The van der Waals surface area contributed by atoms with Crippen LogP contribution in [-0.4, -0.2) is 34.6 Å². The van der Waals surface area contributed by atoms with Crippen molar-refractivity contribution in [1.29, 1.82) is 0 Å². The van der Waals surface area contributed by atoms with Gasteiger partial charge in [0.25, 0.3) is 0 Å². The van der Waals surface area contributed by atoms with Gasteiger partial charge in [-0.2, -0.15) is 0 Å². The zero-order valence-corrected chi connectivity index (χ0v) is 18.1. The highest BCUT2D eigenvalue weighted by atomic mass is 35.5. The highest BCUT2D eigenvalue weighted by Crippen LogP contribution is 2.34. The highest BCUT2D eigenvalue weighted by molar-refractivity contribution is 6.42. The molecule has 7 heteroatoms.